The smallest absolute Gasteiger partial charge is 0.0591 e. The molecule has 0 aromatic heterocycles. The Morgan fingerprint density at radius 1 is 1.33 bits per heavy atom. The van der Waals surface area contributed by atoms with Gasteiger partial charge in [0.1, 0.15) is 0 Å². The Kier molecular flexibility index (Phi) is 4.42. The fourth-order valence-electron chi connectivity index (χ4n) is 2.11. The summed E-state index contributed by atoms with van der Waals surface area (Å²) in [4.78, 5) is 0. The molecule has 0 radical (unpaired) electrons. The van der Waals surface area contributed by atoms with Crippen molar-refractivity contribution in [3.05, 3.63) is 0 Å². The van der Waals surface area contributed by atoms with Crippen LogP contribution in [0.25, 0.3) is 0 Å². The van der Waals surface area contributed by atoms with Crippen molar-refractivity contribution < 1.29 is 4.74 Å². The monoisotopic (exact) mass is 212 g/mol. The van der Waals surface area contributed by atoms with Crippen LogP contribution in [0.3, 0.4) is 0 Å². The molecule has 2 aliphatic rings. The summed E-state index contributed by atoms with van der Waals surface area (Å²) in [6.45, 7) is 7.46. The maximum Gasteiger partial charge on any atom is 0.0591 e. The molecule has 3 heteroatoms. The highest BCUT2D eigenvalue weighted by Gasteiger charge is 2.22. The summed E-state index contributed by atoms with van der Waals surface area (Å²) in [5.74, 6) is 1.71. The first-order valence-corrected chi connectivity index (χ1v) is 6.38. The van der Waals surface area contributed by atoms with Crippen LogP contribution in [0, 0.1) is 11.8 Å². The standard InChI is InChI=1S/C12H24N2O/c1-10-4-5-14-12(10)8-13-6-7-15-9-11-2-3-11/h10-14H,2-9H2,1H3. The molecule has 2 rings (SSSR count). The van der Waals surface area contributed by atoms with Crippen molar-refractivity contribution in [2.45, 2.75) is 32.2 Å². The Bertz CT molecular complexity index is 182. The quantitative estimate of drug-likeness (QED) is 0.618. The van der Waals surface area contributed by atoms with Crippen LogP contribution in [0.5, 0.6) is 0 Å². The molecule has 0 aromatic rings. The minimum absolute atomic E-state index is 0.674. The molecule has 0 amide bonds. The zero-order valence-corrected chi connectivity index (χ0v) is 9.80. The Labute approximate surface area is 93.0 Å². The molecule has 2 fully saturated rings. The summed E-state index contributed by atoms with van der Waals surface area (Å²) >= 11 is 0. The van der Waals surface area contributed by atoms with Crippen LogP contribution in [0.1, 0.15) is 26.2 Å². The normalized spacial score (nSPS) is 31.0. The molecule has 0 spiro atoms. The lowest BCUT2D eigenvalue weighted by Gasteiger charge is -2.16. The number of hydrogen-bond donors (Lipinski definition) is 2. The van der Waals surface area contributed by atoms with Crippen LogP contribution in [0.2, 0.25) is 0 Å². The molecular formula is C12H24N2O. The molecule has 0 aromatic carbocycles. The SMILES string of the molecule is CC1CCNC1CNCCOCC1CC1. The molecule has 1 aliphatic heterocycles. The topological polar surface area (TPSA) is 33.3 Å². The molecule has 1 aliphatic carbocycles. The Balaban J connectivity index is 1.40. The van der Waals surface area contributed by atoms with Gasteiger partial charge >= 0.3 is 0 Å². The van der Waals surface area contributed by atoms with Crippen molar-refractivity contribution in [3.8, 4) is 0 Å². The van der Waals surface area contributed by atoms with E-state index in [-0.39, 0.29) is 0 Å². The van der Waals surface area contributed by atoms with Crippen molar-refractivity contribution in [1.82, 2.24) is 10.6 Å². The maximum atomic E-state index is 5.57. The maximum absolute atomic E-state index is 5.57. The van der Waals surface area contributed by atoms with Crippen molar-refractivity contribution in [1.29, 1.82) is 0 Å². The fourth-order valence-corrected chi connectivity index (χ4v) is 2.11. The zero-order chi connectivity index (χ0) is 10.5. The van der Waals surface area contributed by atoms with E-state index in [1.165, 1.54) is 25.8 Å². The third-order valence-electron chi connectivity index (χ3n) is 3.53. The van der Waals surface area contributed by atoms with Crippen LogP contribution in [-0.2, 0) is 4.74 Å². The highest BCUT2D eigenvalue weighted by Crippen LogP contribution is 2.28. The van der Waals surface area contributed by atoms with Crippen LogP contribution in [0.15, 0.2) is 0 Å². The van der Waals surface area contributed by atoms with E-state index in [0.717, 1.165) is 38.1 Å². The van der Waals surface area contributed by atoms with Crippen molar-refractivity contribution in [2.24, 2.45) is 11.8 Å². The molecule has 88 valence electrons. The minimum atomic E-state index is 0.674. The molecule has 0 bridgehead atoms. The molecule has 3 nitrogen and oxygen atoms in total. The van der Waals surface area contributed by atoms with E-state index in [0.29, 0.717) is 6.04 Å². The highest BCUT2D eigenvalue weighted by molar-refractivity contribution is 4.82. The second-order valence-corrected chi connectivity index (χ2v) is 5.05. The van der Waals surface area contributed by atoms with Crippen molar-refractivity contribution >= 4 is 0 Å². The van der Waals surface area contributed by atoms with E-state index < -0.39 is 0 Å². The number of nitrogens with one attached hydrogen (secondary N) is 2. The van der Waals surface area contributed by atoms with Crippen molar-refractivity contribution in [2.75, 3.05) is 32.8 Å². The van der Waals surface area contributed by atoms with Gasteiger partial charge in [0.2, 0.25) is 0 Å². The first-order valence-electron chi connectivity index (χ1n) is 6.38. The summed E-state index contributed by atoms with van der Waals surface area (Å²) in [5, 5.41) is 6.99. The van der Waals surface area contributed by atoms with Gasteiger partial charge in [0.25, 0.3) is 0 Å². The number of rotatable bonds is 7. The van der Waals surface area contributed by atoms with Gasteiger partial charge in [-0.05, 0) is 37.6 Å². The Morgan fingerprint density at radius 2 is 2.20 bits per heavy atom. The van der Waals surface area contributed by atoms with Crippen LogP contribution >= 0.6 is 0 Å². The van der Waals surface area contributed by atoms with Crippen LogP contribution in [0.4, 0.5) is 0 Å². The van der Waals surface area contributed by atoms with Crippen LogP contribution in [-0.4, -0.2) is 38.9 Å². The summed E-state index contributed by atoms with van der Waals surface area (Å²) in [6, 6.07) is 0.674. The third-order valence-corrected chi connectivity index (χ3v) is 3.53. The van der Waals surface area contributed by atoms with E-state index in [2.05, 4.69) is 17.6 Å². The largest absolute Gasteiger partial charge is 0.380 e. The molecule has 2 N–H and O–H groups in total. The molecule has 1 heterocycles. The van der Waals surface area contributed by atoms with Gasteiger partial charge in [-0.25, -0.2) is 0 Å². The molecule has 15 heavy (non-hydrogen) atoms. The Morgan fingerprint density at radius 3 is 2.87 bits per heavy atom. The predicted octanol–water partition coefficient (Wildman–Crippen LogP) is 1.00. The van der Waals surface area contributed by atoms with Gasteiger partial charge in [0, 0.05) is 25.7 Å². The van der Waals surface area contributed by atoms with Gasteiger partial charge in [-0.15, -0.1) is 0 Å². The first kappa shape index (κ1) is 11.4. The molecule has 2 atom stereocenters. The van der Waals surface area contributed by atoms with E-state index >= 15 is 0 Å². The lowest BCUT2D eigenvalue weighted by Crippen LogP contribution is -2.38. The zero-order valence-electron chi connectivity index (χ0n) is 9.80. The first-order chi connectivity index (χ1) is 7.36. The average molecular weight is 212 g/mol. The molecule has 1 saturated heterocycles. The molecule has 2 unspecified atom stereocenters. The van der Waals surface area contributed by atoms with Gasteiger partial charge in [-0.2, -0.15) is 0 Å². The average Bonchev–Trinajstić information content (AvgIpc) is 2.96. The Hall–Kier alpha value is -0.120. The van der Waals surface area contributed by atoms with Gasteiger partial charge in [-0.3, -0.25) is 0 Å². The fraction of sp³-hybridized carbons (Fsp3) is 1.00. The van der Waals surface area contributed by atoms with E-state index in [1.807, 2.05) is 0 Å². The number of ether oxygens (including phenoxy) is 1. The molecular weight excluding hydrogens is 188 g/mol. The lowest BCUT2D eigenvalue weighted by atomic mass is 10.0. The van der Waals surface area contributed by atoms with Gasteiger partial charge in [0.05, 0.1) is 6.61 Å². The van der Waals surface area contributed by atoms with Gasteiger partial charge in [-0.1, -0.05) is 6.92 Å². The summed E-state index contributed by atoms with van der Waals surface area (Å²) in [6.07, 6.45) is 4.10. The molecule has 1 saturated carbocycles. The second-order valence-electron chi connectivity index (χ2n) is 5.05. The second kappa shape index (κ2) is 5.83. The van der Waals surface area contributed by atoms with E-state index in [1.54, 1.807) is 0 Å². The van der Waals surface area contributed by atoms with Gasteiger partial charge < -0.3 is 15.4 Å². The van der Waals surface area contributed by atoms with Crippen molar-refractivity contribution in [3.63, 3.8) is 0 Å². The summed E-state index contributed by atoms with van der Waals surface area (Å²) in [5.41, 5.74) is 0. The lowest BCUT2D eigenvalue weighted by molar-refractivity contribution is 0.125. The third kappa shape index (κ3) is 4.09. The van der Waals surface area contributed by atoms with E-state index in [9.17, 15) is 0 Å². The minimum Gasteiger partial charge on any atom is -0.380 e. The van der Waals surface area contributed by atoms with Gasteiger partial charge in [0.15, 0.2) is 0 Å². The summed E-state index contributed by atoms with van der Waals surface area (Å²) < 4.78 is 5.57. The summed E-state index contributed by atoms with van der Waals surface area (Å²) in [7, 11) is 0. The predicted molar refractivity (Wildman–Crippen MR) is 62.0 cm³/mol. The van der Waals surface area contributed by atoms with E-state index in [4.69, 9.17) is 4.74 Å². The van der Waals surface area contributed by atoms with Crippen LogP contribution < -0.4 is 10.6 Å². The number of hydrogen-bond acceptors (Lipinski definition) is 3. The highest BCUT2D eigenvalue weighted by atomic mass is 16.5.